The highest BCUT2D eigenvalue weighted by Gasteiger charge is 2.29. The van der Waals surface area contributed by atoms with Gasteiger partial charge in [-0.05, 0) is 45.1 Å². The molecule has 2 heteroatoms. The molecule has 92 valence electrons. The Hall–Kier alpha value is -0.370. The summed E-state index contributed by atoms with van der Waals surface area (Å²) >= 11 is 0. The third-order valence-corrected chi connectivity index (χ3v) is 4.41. The van der Waals surface area contributed by atoms with Crippen molar-refractivity contribution < 1.29 is 4.79 Å². The summed E-state index contributed by atoms with van der Waals surface area (Å²) in [4.78, 5) is 14.4. The maximum Gasteiger partial charge on any atom is 0.137 e. The van der Waals surface area contributed by atoms with Crippen LogP contribution in [0.3, 0.4) is 0 Å². The van der Waals surface area contributed by atoms with Gasteiger partial charge in [0.05, 0.1) is 0 Å². The molecule has 0 aromatic rings. The van der Waals surface area contributed by atoms with Gasteiger partial charge >= 0.3 is 0 Å². The number of hydrogen-bond acceptors (Lipinski definition) is 2. The Morgan fingerprint density at radius 1 is 1.25 bits per heavy atom. The van der Waals surface area contributed by atoms with Crippen LogP contribution in [0.1, 0.15) is 52.4 Å². The Bertz CT molecular complexity index is 251. The van der Waals surface area contributed by atoms with Crippen molar-refractivity contribution in [1.82, 2.24) is 4.90 Å². The second-order valence-electron chi connectivity index (χ2n) is 5.88. The van der Waals surface area contributed by atoms with Crippen molar-refractivity contribution in [3.63, 3.8) is 0 Å². The minimum atomic E-state index is 0.351. The number of hydrogen-bond donors (Lipinski definition) is 0. The minimum absolute atomic E-state index is 0.351. The van der Waals surface area contributed by atoms with Crippen molar-refractivity contribution in [2.75, 3.05) is 13.1 Å². The van der Waals surface area contributed by atoms with Crippen LogP contribution in [0.25, 0.3) is 0 Å². The number of ketones is 1. The molecule has 16 heavy (non-hydrogen) atoms. The Balaban J connectivity index is 1.86. The van der Waals surface area contributed by atoms with Crippen LogP contribution in [0.15, 0.2) is 0 Å². The predicted molar refractivity (Wildman–Crippen MR) is 66.4 cm³/mol. The molecule has 0 N–H and O–H groups in total. The smallest absolute Gasteiger partial charge is 0.137 e. The Morgan fingerprint density at radius 2 is 2.06 bits per heavy atom. The van der Waals surface area contributed by atoms with Gasteiger partial charge in [-0.1, -0.05) is 13.3 Å². The van der Waals surface area contributed by atoms with Crippen LogP contribution in [-0.2, 0) is 4.79 Å². The zero-order valence-corrected chi connectivity index (χ0v) is 10.7. The monoisotopic (exact) mass is 223 g/mol. The summed E-state index contributed by atoms with van der Waals surface area (Å²) in [5.41, 5.74) is 0. The summed E-state index contributed by atoms with van der Waals surface area (Å²) in [6.07, 6.45) is 6.98. The van der Waals surface area contributed by atoms with Crippen LogP contribution in [0.5, 0.6) is 0 Å². The highest BCUT2D eigenvalue weighted by atomic mass is 16.1. The number of carbonyl (C=O) groups is 1. The van der Waals surface area contributed by atoms with Crippen LogP contribution < -0.4 is 0 Å². The molecule has 0 radical (unpaired) electrons. The molecule has 2 fully saturated rings. The van der Waals surface area contributed by atoms with Crippen LogP contribution in [0.4, 0.5) is 0 Å². The molecule has 2 aliphatic rings. The highest BCUT2D eigenvalue weighted by molar-refractivity contribution is 5.81. The Labute approximate surface area is 99.4 Å². The van der Waals surface area contributed by atoms with E-state index < -0.39 is 0 Å². The first-order valence-electron chi connectivity index (χ1n) is 6.93. The van der Waals surface area contributed by atoms with E-state index in [2.05, 4.69) is 18.7 Å². The molecule has 0 amide bonds. The molecule has 1 saturated carbocycles. The summed E-state index contributed by atoms with van der Waals surface area (Å²) in [5, 5.41) is 0. The molecule has 1 saturated heterocycles. The van der Waals surface area contributed by atoms with Gasteiger partial charge in [-0.3, -0.25) is 9.69 Å². The van der Waals surface area contributed by atoms with E-state index in [9.17, 15) is 4.79 Å². The van der Waals surface area contributed by atoms with Crippen molar-refractivity contribution in [2.45, 2.75) is 58.4 Å². The second-order valence-corrected chi connectivity index (χ2v) is 5.88. The molecule has 1 heterocycles. The molecule has 2 nitrogen and oxygen atoms in total. The van der Waals surface area contributed by atoms with E-state index in [1.165, 1.54) is 25.8 Å². The van der Waals surface area contributed by atoms with E-state index in [1.807, 2.05) is 0 Å². The van der Waals surface area contributed by atoms with Gasteiger partial charge in [-0.25, -0.2) is 0 Å². The average molecular weight is 223 g/mol. The number of rotatable bonds is 2. The quantitative estimate of drug-likeness (QED) is 0.717. The largest absolute Gasteiger partial charge is 0.300 e. The van der Waals surface area contributed by atoms with E-state index in [1.54, 1.807) is 0 Å². The summed E-state index contributed by atoms with van der Waals surface area (Å²) in [7, 11) is 0. The summed E-state index contributed by atoms with van der Waals surface area (Å²) in [6, 6.07) is 0.679. The Morgan fingerprint density at radius 3 is 2.75 bits per heavy atom. The summed E-state index contributed by atoms with van der Waals surface area (Å²) < 4.78 is 0. The standard InChI is InChI=1S/C14H25NO/c1-11-7-8-15(12(2)9-11)10-13-5-3-4-6-14(13)16/h11-13H,3-10H2,1-2H3. The van der Waals surface area contributed by atoms with Crippen molar-refractivity contribution >= 4 is 5.78 Å². The van der Waals surface area contributed by atoms with Gasteiger partial charge in [0.2, 0.25) is 0 Å². The predicted octanol–water partition coefficient (Wildman–Crippen LogP) is 2.87. The fraction of sp³-hybridized carbons (Fsp3) is 0.929. The highest BCUT2D eigenvalue weighted by Crippen LogP contribution is 2.26. The summed E-state index contributed by atoms with van der Waals surface area (Å²) in [6.45, 7) is 6.90. The van der Waals surface area contributed by atoms with Gasteiger partial charge in [-0.2, -0.15) is 0 Å². The number of nitrogens with zero attached hydrogens (tertiary/aromatic N) is 1. The van der Waals surface area contributed by atoms with Crippen molar-refractivity contribution in [3.05, 3.63) is 0 Å². The van der Waals surface area contributed by atoms with Crippen LogP contribution in [0, 0.1) is 11.8 Å². The van der Waals surface area contributed by atoms with Crippen molar-refractivity contribution in [3.8, 4) is 0 Å². The van der Waals surface area contributed by atoms with Gasteiger partial charge in [-0.15, -0.1) is 0 Å². The third kappa shape index (κ3) is 2.85. The van der Waals surface area contributed by atoms with Crippen LogP contribution in [-0.4, -0.2) is 29.8 Å². The van der Waals surface area contributed by atoms with E-state index in [0.29, 0.717) is 17.7 Å². The van der Waals surface area contributed by atoms with Gasteiger partial charge in [0.25, 0.3) is 0 Å². The first-order chi connectivity index (χ1) is 7.66. The number of piperidine rings is 1. The lowest BCUT2D eigenvalue weighted by molar-refractivity contribution is -0.125. The Kier molecular flexibility index (Phi) is 4.01. The van der Waals surface area contributed by atoms with Gasteiger partial charge < -0.3 is 0 Å². The lowest BCUT2D eigenvalue weighted by Gasteiger charge is -2.38. The first kappa shape index (κ1) is 12.1. The maximum atomic E-state index is 11.8. The van der Waals surface area contributed by atoms with Gasteiger partial charge in [0.15, 0.2) is 0 Å². The zero-order valence-electron chi connectivity index (χ0n) is 10.7. The molecule has 1 aliphatic carbocycles. The molecule has 2 rings (SSSR count). The van der Waals surface area contributed by atoms with Gasteiger partial charge in [0, 0.05) is 24.9 Å². The minimum Gasteiger partial charge on any atom is -0.300 e. The molecule has 1 aliphatic heterocycles. The normalized spacial score (nSPS) is 37.6. The maximum absolute atomic E-state index is 11.8. The van der Waals surface area contributed by atoms with E-state index in [-0.39, 0.29) is 0 Å². The van der Waals surface area contributed by atoms with Gasteiger partial charge in [0.1, 0.15) is 5.78 Å². The fourth-order valence-corrected chi connectivity index (χ4v) is 3.26. The third-order valence-electron chi connectivity index (χ3n) is 4.41. The topological polar surface area (TPSA) is 20.3 Å². The molecule has 3 atom stereocenters. The molecular weight excluding hydrogens is 198 g/mol. The van der Waals surface area contributed by atoms with Crippen molar-refractivity contribution in [1.29, 1.82) is 0 Å². The lowest BCUT2D eigenvalue weighted by Crippen LogP contribution is -2.44. The van der Waals surface area contributed by atoms with E-state index >= 15 is 0 Å². The molecular formula is C14H25NO. The van der Waals surface area contributed by atoms with Crippen LogP contribution >= 0.6 is 0 Å². The molecule has 0 bridgehead atoms. The van der Waals surface area contributed by atoms with E-state index in [4.69, 9.17) is 0 Å². The van der Waals surface area contributed by atoms with Crippen LogP contribution in [0.2, 0.25) is 0 Å². The summed E-state index contributed by atoms with van der Waals surface area (Å²) in [5.74, 6) is 1.75. The molecule has 0 aromatic heterocycles. The average Bonchev–Trinajstić information content (AvgIpc) is 2.25. The lowest BCUT2D eigenvalue weighted by atomic mass is 9.86. The molecule has 3 unspecified atom stereocenters. The number of likely N-dealkylation sites (tertiary alicyclic amines) is 1. The first-order valence-corrected chi connectivity index (χ1v) is 6.93. The second kappa shape index (κ2) is 5.31. The number of Topliss-reactive ketones (excluding diaryl/α,β-unsaturated/α-hetero) is 1. The molecule has 0 spiro atoms. The van der Waals surface area contributed by atoms with Crippen molar-refractivity contribution in [2.24, 2.45) is 11.8 Å². The van der Waals surface area contributed by atoms with E-state index in [0.717, 1.165) is 31.7 Å². The number of carbonyl (C=O) groups excluding carboxylic acids is 1. The SMILES string of the molecule is CC1CCN(CC2CCCCC2=O)C(C)C1. The fourth-order valence-electron chi connectivity index (χ4n) is 3.26. The zero-order chi connectivity index (χ0) is 11.5. The molecule has 0 aromatic carbocycles.